The minimum atomic E-state index is -0.969. The Morgan fingerprint density at radius 3 is 2.52 bits per heavy atom. The lowest BCUT2D eigenvalue weighted by atomic mass is 10.00. The van der Waals surface area contributed by atoms with E-state index in [-0.39, 0.29) is 12.5 Å². The molecule has 1 aliphatic heterocycles. The molecule has 146 valence electrons. The SMILES string of the molecule is CC[C@@]1(C)NC(=O)N(NC(=O)CN(Cc2ccc(OC)cc2)C2CC2)C1=O. The van der Waals surface area contributed by atoms with E-state index in [1.54, 1.807) is 14.0 Å². The minimum Gasteiger partial charge on any atom is -0.497 e. The monoisotopic (exact) mass is 374 g/mol. The van der Waals surface area contributed by atoms with E-state index in [2.05, 4.69) is 15.6 Å². The highest BCUT2D eigenvalue weighted by molar-refractivity contribution is 6.07. The maximum atomic E-state index is 12.5. The van der Waals surface area contributed by atoms with Crippen molar-refractivity contribution in [2.24, 2.45) is 0 Å². The summed E-state index contributed by atoms with van der Waals surface area (Å²) in [6.45, 7) is 4.21. The van der Waals surface area contributed by atoms with E-state index in [1.807, 2.05) is 31.2 Å². The Morgan fingerprint density at radius 1 is 1.33 bits per heavy atom. The summed E-state index contributed by atoms with van der Waals surface area (Å²) in [6, 6.07) is 7.47. The van der Waals surface area contributed by atoms with E-state index in [0.717, 1.165) is 29.2 Å². The molecule has 1 aromatic rings. The van der Waals surface area contributed by atoms with Gasteiger partial charge in [0.15, 0.2) is 0 Å². The Bertz CT molecular complexity index is 732. The van der Waals surface area contributed by atoms with Gasteiger partial charge < -0.3 is 10.1 Å². The van der Waals surface area contributed by atoms with Crippen LogP contribution in [0.5, 0.6) is 5.75 Å². The number of nitrogens with one attached hydrogen (secondary N) is 2. The molecule has 0 unspecified atom stereocenters. The molecular formula is C19H26N4O4. The highest BCUT2D eigenvalue weighted by Gasteiger charge is 2.47. The standard InChI is InChI=1S/C19H26N4O4/c1-4-19(2)17(25)23(18(26)20-19)21-16(24)12-22(14-7-8-14)11-13-5-9-15(27-3)10-6-13/h5-6,9-10,14H,4,7-8,11-12H2,1-3H3,(H,20,26)(H,21,24)/t19-/m1/s1. The van der Waals surface area contributed by atoms with Gasteiger partial charge in [0.2, 0.25) is 0 Å². The highest BCUT2D eigenvalue weighted by atomic mass is 16.5. The molecule has 0 radical (unpaired) electrons. The van der Waals surface area contributed by atoms with Crippen molar-refractivity contribution in [1.82, 2.24) is 20.7 Å². The second-order valence-electron chi connectivity index (χ2n) is 7.28. The van der Waals surface area contributed by atoms with Gasteiger partial charge >= 0.3 is 6.03 Å². The lowest BCUT2D eigenvalue weighted by molar-refractivity contribution is -0.139. The molecule has 1 aliphatic carbocycles. The van der Waals surface area contributed by atoms with Crippen LogP contribution in [0.15, 0.2) is 24.3 Å². The maximum absolute atomic E-state index is 12.5. The molecule has 3 rings (SSSR count). The normalized spacial score (nSPS) is 22.1. The number of carbonyl (C=O) groups excluding carboxylic acids is 3. The van der Waals surface area contributed by atoms with Gasteiger partial charge in [-0.3, -0.25) is 19.9 Å². The molecule has 4 amide bonds. The second kappa shape index (κ2) is 7.56. The number of methoxy groups -OCH3 is 1. The first-order valence-electron chi connectivity index (χ1n) is 9.19. The molecule has 0 aromatic heterocycles. The van der Waals surface area contributed by atoms with Crippen LogP contribution < -0.4 is 15.5 Å². The number of nitrogens with zero attached hydrogens (tertiary/aromatic N) is 2. The minimum absolute atomic E-state index is 0.122. The fraction of sp³-hybridized carbons (Fsp3) is 0.526. The van der Waals surface area contributed by atoms with Crippen molar-refractivity contribution in [2.75, 3.05) is 13.7 Å². The largest absolute Gasteiger partial charge is 0.497 e. The number of hydrazine groups is 1. The first-order valence-corrected chi connectivity index (χ1v) is 9.19. The number of amides is 4. The Morgan fingerprint density at radius 2 is 2.00 bits per heavy atom. The third-order valence-corrected chi connectivity index (χ3v) is 5.16. The first kappa shape index (κ1) is 19.2. The van der Waals surface area contributed by atoms with E-state index in [0.29, 0.717) is 19.0 Å². The number of ether oxygens (including phenoxy) is 1. The maximum Gasteiger partial charge on any atom is 0.344 e. The van der Waals surface area contributed by atoms with E-state index < -0.39 is 17.5 Å². The molecule has 8 heteroatoms. The van der Waals surface area contributed by atoms with Crippen LogP contribution >= 0.6 is 0 Å². The molecule has 0 spiro atoms. The van der Waals surface area contributed by atoms with Crippen LogP contribution in [0.3, 0.4) is 0 Å². The summed E-state index contributed by atoms with van der Waals surface area (Å²) in [5.74, 6) is -0.0252. The van der Waals surface area contributed by atoms with Crippen molar-refractivity contribution in [3.05, 3.63) is 29.8 Å². The number of imide groups is 1. The summed E-state index contributed by atoms with van der Waals surface area (Å²) in [5, 5.41) is 3.42. The van der Waals surface area contributed by atoms with E-state index in [9.17, 15) is 14.4 Å². The molecule has 1 atom stereocenters. The Labute approximate surface area is 158 Å². The average molecular weight is 374 g/mol. The van der Waals surface area contributed by atoms with Crippen molar-refractivity contribution in [2.45, 2.75) is 51.2 Å². The van der Waals surface area contributed by atoms with Crippen LogP contribution in [-0.4, -0.2) is 53.0 Å². The Hall–Kier alpha value is -2.61. The smallest absolute Gasteiger partial charge is 0.344 e. The van der Waals surface area contributed by atoms with Crippen molar-refractivity contribution in [3.8, 4) is 5.75 Å². The molecule has 0 bridgehead atoms. The van der Waals surface area contributed by atoms with Crippen molar-refractivity contribution in [3.63, 3.8) is 0 Å². The zero-order valence-electron chi connectivity index (χ0n) is 15.9. The molecule has 2 N–H and O–H groups in total. The number of hydrogen-bond donors (Lipinski definition) is 2. The summed E-state index contributed by atoms with van der Waals surface area (Å²) in [4.78, 5) is 39.0. The van der Waals surface area contributed by atoms with Crippen LogP contribution in [-0.2, 0) is 16.1 Å². The molecule has 8 nitrogen and oxygen atoms in total. The summed E-state index contributed by atoms with van der Waals surface area (Å²) in [6.07, 6.45) is 2.54. The number of rotatable bonds is 8. The van der Waals surface area contributed by atoms with Gasteiger partial charge in [0.25, 0.3) is 11.8 Å². The lowest BCUT2D eigenvalue weighted by Crippen LogP contribution is -2.51. The van der Waals surface area contributed by atoms with Crippen molar-refractivity contribution in [1.29, 1.82) is 0 Å². The topological polar surface area (TPSA) is 91.0 Å². The van der Waals surface area contributed by atoms with Gasteiger partial charge in [-0.05, 0) is 43.9 Å². The van der Waals surface area contributed by atoms with Gasteiger partial charge in [0.1, 0.15) is 11.3 Å². The van der Waals surface area contributed by atoms with Gasteiger partial charge in [0.05, 0.1) is 13.7 Å². The third kappa shape index (κ3) is 4.21. The molecule has 27 heavy (non-hydrogen) atoms. The predicted molar refractivity (Wildman–Crippen MR) is 98.6 cm³/mol. The molecule has 1 saturated heterocycles. The zero-order valence-corrected chi connectivity index (χ0v) is 15.9. The fourth-order valence-electron chi connectivity index (χ4n) is 3.09. The molecule has 1 heterocycles. The van der Waals surface area contributed by atoms with Gasteiger partial charge in [-0.1, -0.05) is 19.1 Å². The number of urea groups is 1. The number of carbonyl (C=O) groups is 3. The van der Waals surface area contributed by atoms with Gasteiger partial charge in [-0.15, -0.1) is 0 Å². The van der Waals surface area contributed by atoms with Crippen LogP contribution in [0.4, 0.5) is 4.79 Å². The summed E-state index contributed by atoms with van der Waals surface area (Å²) < 4.78 is 5.17. The van der Waals surface area contributed by atoms with Crippen LogP contribution in [0, 0.1) is 0 Å². The van der Waals surface area contributed by atoms with Gasteiger partial charge in [0, 0.05) is 12.6 Å². The Balaban J connectivity index is 1.60. The van der Waals surface area contributed by atoms with E-state index >= 15 is 0 Å². The van der Waals surface area contributed by atoms with E-state index in [1.165, 1.54) is 0 Å². The van der Waals surface area contributed by atoms with Gasteiger partial charge in [-0.25, -0.2) is 4.79 Å². The van der Waals surface area contributed by atoms with Crippen molar-refractivity contribution >= 4 is 17.8 Å². The highest BCUT2D eigenvalue weighted by Crippen LogP contribution is 2.28. The number of benzene rings is 1. The fourth-order valence-corrected chi connectivity index (χ4v) is 3.09. The van der Waals surface area contributed by atoms with Gasteiger partial charge in [-0.2, -0.15) is 5.01 Å². The Kier molecular flexibility index (Phi) is 5.36. The van der Waals surface area contributed by atoms with Crippen LogP contribution in [0.1, 0.15) is 38.7 Å². The second-order valence-corrected chi connectivity index (χ2v) is 7.28. The van der Waals surface area contributed by atoms with Crippen molar-refractivity contribution < 1.29 is 19.1 Å². The molecule has 2 aliphatic rings. The third-order valence-electron chi connectivity index (χ3n) is 5.16. The molecular weight excluding hydrogens is 348 g/mol. The van der Waals surface area contributed by atoms with E-state index in [4.69, 9.17) is 4.74 Å². The quantitative estimate of drug-likeness (QED) is 0.672. The summed E-state index contributed by atoms with van der Waals surface area (Å²) in [5.41, 5.74) is 2.56. The molecule has 1 aromatic carbocycles. The summed E-state index contributed by atoms with van der Waals surface area (Å²) >= 11 is 0. The molecule has 2 fully saturated rings. The molecule has 1 saturated carbocycles. The predicted octanol–water partition coefficient (Wildman–Crippen LogP) is 1.41. The lowest BCUT2D eigenvalue weighted by Gasteiger charge is -2.23. The summed E-state index contributed by atoms with van der Waals surface area (Å²) in [7, 11) is 1.62. The first-order chi connectivity index (χ1) is 12.9. The zero-order chi connectivity index (χ0) is 19.6. The van der Waals surface area contributed by atoms with Crippen LogP contribution in [0.25, 0.3) is 0 Å². The average Bonchev–Trinajstić information content (AvgIpc) is 3.47. The number of hydrogen-bond acceptors (Lipinski definition) is 5. The van der Waals surface area contributed by atoms with Crippen LogP contribution in [0.2, 0.25) is 0 Å².